The molecule has 4 aliphatic rings. The van der Waals surface area contributed by atoms with Crippen molar-refractivity contribution in [3.63, 3.8) is 0 Å². The van der Waals surface area contributed by atoms with Gasteiger partial charge >= 0.3 is 192 Å². The van der Waals surface area contributed by atoms with E-state index in [9.17, 15) is 4.79 Å². The maximum atomic E-state index is 12.7. The standard InChI is InChI=1S/C34H52O2Te/c1-23(2)10-9-11-24(3)29-16-17-30-28-15-14-25-22-26(36-32(35)37-27-12-7-6-8-13-27)18-20-33(25,4)31(28)19-21-34(29,30)5/h6-8,12-13,23-26,28-31H,9-11,14-22H2,1-5H3/t24-,25?,26+,28+,29-,30+,31+,33+,34-/m1/s1. The third kappa shape index (κ3) is 5.71. The van der Waals surface area contributed by atoms with Crippen LogP contribution in [0.25, 0.3) is 0 Å². The molecule has 2 nitrogen and oxygen atoms in total. The molecule has 0 aliphatic heterocycles. The molecule has 0 aromatic heterocycles. The molecule has 4 fully saturated rings. The molecule has 1 aromatic rings. The number of carbonyl (C=O) groups is 1. The second-order valence-electron chi connectivity index (χ2n) is 14.4. The second-order valence-corrected chi connectivity index (χ2v) is 17.2. The Bertz CT molecular complexity index is 914. The average molecular weight is 620 g/mol. The summed E-state index contributed by atoms with van der Waals surface area (Å²) in [6.45, 7) is 12.7. The van der Waals surface area contributed by atoms with Gasteiger partial charge in [-0.15, -0.1) is 0 Å². The van der Waals surface area contributed by atoms with Crippen molar-refractivity contribution in [2.45, 2.75) is 118 Å². The molecule has 0 spiro atoms. The fraction of sp³-hybridized carbons (Fsp3) is 0.794. The van der Waals surface area contributed by atoms with E-state index in [1.54, 1.807) is 0 Å². The predicted molar refractivity (Wildman–Crippen MR) is 155 cm³/mol. The van der Waals surface area contributed by atoms with Gasteiger partial charge in [-0.3, -0.25) is 0 Å². The first-order valence-corrected chi connectivity index (χ1v) is 18.0. The Morgan fingerprint density at radius 2 is 1.65 bits per heavy atom. The normalized spacial score (nSPS) is 39.9. The van der Waals surface area contributed by atoms with Crippen molar-refractivity contribution in [3.8, 4) is 0 Å². The molecule has 5 rings (SSSR count). The van der Waals surface area contributed by atoms with Gasteiger partial charge in [0.05, 0.1) is 0 Å². The Morgan fingerprint density at radius 1 is 0.919 bits per heavy atom. The van der Waals surface area contributed by atoms with Crippen molar-refractivity contribution < 1.29 is 9.53 Å². The van der Waals surface area contributed by atoms with Gasteiger partial charge < -0.3 is 0 Å². The zero-order valence-electron chi connectivity index (χ0n) is 24.2. The Labute approximate surface area is 237 Å². The summed E-state index contributed by atoms with van der Waals surface area (Å²) >= 11 is -0.902. The molecule has 1 aromatic carbocycles. The van der Waals surface area contributed by atoms with Gasteiger partial charge in [0.2, 0.25) is 0 Å². The number of hydrogen-bond acceptors (Lipinski definition) is 2. The molecule has 0 radical (unpaired) electrons. The Balaban J connectivity index is 1.19. The summed E-state index contributed by atoms with van der Waals surface area (Å²) in [5, 5.41) is 0. The molecule has 9 atom stereocenters. The summed E-state index contributed by atoms with van der Waals surface area (Å²) in [6.07, 6.45) is 16.5. The molecular weight excluding hydrogens is 568 g/mol. The molecule has 4 aliphatic carbocycles. The molecule has 0 N–H and O–H groups in total. The van der Waals surface area contributed by atoms with Gasteiger partial charge in [-0.25, -0.2) is 0 Å². The van der Waals surface area contributed by atoms with Crippen LogP contribution in [0.2, 0.25) is 0 Å². The van der Waals surface area contributed by atoms with E-state index in [1.165, 1.54) is 67.8 Å². The van der Waals surface area contributed by atoms with Crippen LogP contribution in [0.15, 0.2) is 30.3 Å². The van der Waals surface area contributed by atoms with Gasteiger partial charge in [-0.1, -0.05) is 40.0 Å². The molecule has 3 heteroatoms. The molecular formula is C34H52O2Te. The monoisotopic (exact) mass is 622 g/mol. The topological polar surface area (TPSA) is 26.3 Å². The number of hydrogen-bond donors (Lipinski definition) is 0. The minimum absolute atomic E-state index is 0.0897. The van der Waals surface area contributed by atoms with E-state index in [1.807, 2.05) is 18.2 Å². The zero-order valence-corrected chi connectivity index (χ0v) is 26.5. The van der Waals surface area contributed by atoms with E-state index < -0.39 is 20.9 Å². The SMILES string of the molecule is CC(C)CCC[C@@H](C)[C@H]1CC[C@H]2[C@@H]3CCC4C[C@@H](OC(=O)[Te]c5ccccc5)CC[C@]4(C)[C@H]3CC[C@]12C. The predicted octanol–water partition coefficient (Wildman–Crippen LogP) is 8.64. The van der Waals surface area contributed by atoms with Gasteiger partial charge in [-0.05, 0) is 5.92 Å². The number of rotatable bonds is 8. The van der Waals surface area contributed by atoms with Crippen molar-refractivity contribution in [1.29, 1.82) is 0 Å². The first-order chi connectivity index (χ1) is 17.7. The van der Waals surface area contributed by atoms with E-state index in [-0.39, 0.29) is 10.1 Å². The van der Waals surface area contributed by atoms with E-state index in [4.69, 9.17) is 4.74 Å². The summed E-state index contributed by atoms with van der Waals surface area (Å²) in [7, 11) is 0. The van der Waals surface area contributed by atoms with Crippen LogP contribution >= 0.6 is 0 Å². The van der Waals surface area contributed by atoms with Crippen LogP contribution in [0, 0.1) is 52.3 Å². The fourth-order valence-electron chi connectivity index (χ4n) is 10.1. The number of carbonyl (C=O) groups excluding carboxylic acids is 1. The summed E-state index contributed by atoms with van der Waals surface area (Å²) in [6, 6.07) is 10.3. The van der Waals surface area contributed by atoms with Gasteiger partial charge in [-0.2, -0.15) is 0 Å². The van der Waals surface area contributed by atoms with Crippen molar-refractivity contribution >= 4 is 28.6 Å². The van der Waals surface area contributed by atoms with Crippen LogP contribution in [0.3, 0.4) is 0 Å². The molecule has 206 valence electrons. The van der Waals surface area contributed by atoms with Crippen molar-refractivity contribution in [2.75, 3.05) is 0 Å². The molecule has 0 heterocycles. The van der Waals surface area contributed by atoms with Gasteiger partial charge in [0.1, 0.15) is 0 Å². The minimum atomic E-state index is -0.902. The zero-order chi connectivity index (χ0) is 26.2. The Kier molecular flexibility index (Phi) is 8.73. The molecule has 0 amide bonds. The average Bonchev–Trinajstić information content (AvgIpc) is 3.22. The molecule has 1 unspecified atom stereocenters. The van der Waals surface area contributed by atoms with Crippen LogP contribution in [0.1, 0.15) is 112 Å². The summed E-state index contributed by atoms with van der Waals surface area (Å²) in [5.74, 6) is 6.21. The number of fused-ring (bicyclic) bond motifs is 5. The summed E-state index contributed by atoms with van der Waals surface area (Å²) < 4.78 is 7.39. The summed E-state index contributed by atoms with van der Waals surface area (Å²) in [5.41, 5.74) is 1.04. The van der Waals surface area contributed by atoms with Crippen LogP contribution in [-0.2, 0) is 4.74 Å². The van der Waals surface area contributed by atoms with E-state index in [2.05, 4.69) is 46.8 Å². The molecule has 4 saturated carbocycles. The molecule has 37 heavy (non-hydrogen) atoms. The fourth-order valence-corrected chi connectivity index (χ4v) is 12.0. The molecule has 0 bridgehead atoms. The van der Waals surface area contributed by atoms with Crippen molar-refractivity contribution in [1.82, 2.24) is 0 Å². The molecule has 0 saturated heterocycles. The first kappa shape index (κ1) is 28.0. The van der Waals surface area contributed by atoms with Gasteiger partial charge in [0.25, 0.3) is 0 Å². The third-order valence-electron chi connectivity index (χ3n) is 12.0. The van der Waals surface area contributed by atoms with Crippen LogP contribution < -0.4 is 3.61 Å². The Morgan fingerprint density at radius 3 is 2.41 bits per heavy atom. The number of ether oxygens (including phenoxy) is 1. The first-order valence-electron chi connectivity index (χ1n) is 15.6. The summed E-state index contributed by atoms with van der Waals surface area (Å²) in [4.78, 5) is 12.7. The van der Waals surface area contributed by atoms with E-state index >= 15 is 0 Å². The second kappa shape index (κ2) is 11.5. The van der Waals surface area contributed by atoms with Crippen LogP contribution in [-0.4, -0.2) is 31.0 Å². The maximum absolute atomic E-state index is 12.7. The van der Waals surface area contributed by atoms with Crippen molar-refractivity contribution in [2.24, 2.45) is 52.3 Å². The van der Waals surface area contributed by atoms with E-state index in [0.717, 1.165) is 54.3 Å². The van der Waals surface area contributed by atoms with Gasteiger partial charge in [0.15, 0.2) is 0 Å². The van der Waals surface area contributed by atoms with Gasteiger partial charge in [0, 0.05) is 0 Å². The quantitative estimate of drug-likeness (QED) is 0.272. The van der Waals surface area contributed by atoms with Crippen LogP contribution in [0.5, 0.6) is 0 Å². The van der Waals surface area contributed by atoms with Crippen molar-refractivity contribution in [3.05, 3.63) is 30.3 Å². The number of benzene rings is 1. The third-order valence-corrected chi connectivity index (χ3v) is 14.2. The van der Waals surface area contributed by atoms with E-state index in [0.29, 0.717) is 10.8 Å². The Hall–Kier alpha value is -0.520. The van der Waals surface area contributed by atoms with Crippen LogP contribution in [0.4, 0.5) is 4.79 Å².